The molecule has 1 unspecified atom stereocenters. The fourth-order valence-electron chi connectivity index (χ4n) is 2.48. The van der Waals surface area contributed by atoms with Gasteiger partial charge >= 0.3 is 0 Å². The number of guanidine groups is 1. The van der Waals surface area contributed by atoms with E-state index in [2.05, 4.69) is 24.2 Å². The molecule has 1 aliphatic rings. The zero-order valence-corrected chi connectivity index (χ0v) is 14.3. The Morgan fingerprint density at radius 2 is 2.32 bits per heavy atom. The highest BCUT2D eigenvalue weighted by Crippen LogP contribution is 2.18. The van der Waals surface area contributed by atoms with Crippen molar-refractivity contribution in [3.63, 3.8) is 0 Å². The maximum Gasteiger partial charge on any atom is 0.194 e. The highest BCUT2D eigenvalue weighted by molar-refractivity contribution is 7.91. The summed E-state index contributed by atoms with van der Waals surface area (Å²) in [6.45, 7) is 5.26. The van der Waals surface area contributed by atoms with E-state index < -0.39 is 9.84 Å². The summed E-state index contributed by atoms with van der Waals surface area (Å²) >= 11 is 0. The molecule has 0 bridgehead atoms. The molecule has 0 aliphatic carbocycles. The minimum absolute atomic E-state index is 0.131. The molecular weight excluding hydrogens is 302 g/mol. The maximum absolute atomic E-state index is 11.5. The second-order valence-corrected chi connectivity index (χ2v) is 8.40. The third-order valence-corrected chi connectivity index (χ3v) is 5.42. The molecule has 1 aliphatic heterocycles. The van der Waals surface area contributed by atoms with Crippen molar-refractivity contribution in [2.24, 2.45) is 10.9 Å². The highest BCUT2D eigenvalue weighted by Gasteiger charge is 2.27. The highest BCUT2D eigenvalue weighted by atomic mass is 32.2. The van der Waals surface area contributed by atoms with E-state index in [9.17, 15) is 8.42 Å². The molecule has 1 aromatic rings. The molecule has 7 heteroatoms. The van der Waals surface area contributed by atoms with Crippen LogP contribution in [0.3, 0.4) is 0 Å². The van der Waals surface area contributed by atoms with Crippen LogP contribution in [0, 0.1) is 5.92 Å². The monoisotopic (exact) mass is 327 g/mol. The molecule has 1 saturated heterocycles. The lowest BCUT2D eigenvalue weighted by atomic mass is 10.1. The standard InChI is InChI=1S/C15H25N3O3S/c1-12(2)17-15(18(3)10-14-5-4-7-21-14)16-9-13-6-8-22(19,20)11-13/h4-5,7,12-13H,6,8-11H2,1-3H3,(H,16,17). The summed E-state index contributed by atoms with van der Waals surface area (Å²) in [4.78, 5) is 6.61. The van der Waals surface area contributed by atoms with Gasteiger partial charge in [-0.25, -0.2) is 8.42 Å². The number of nitrogens with one attached hydrogen (secondary N) is 1. The van der Waals surface area contributed by atoms with Crippen LogP contribution in [0.1, 0.15) is 26.0 Å². The summed E-state index contributed by atoms with van der Waals surface area (Å²) in [6, 6.07) is 4.04. The second-order valence-electron chi connectivity index (χ2n) is 6.17. The molecule has 6 nitrogen and oxygen atoms in total. The predicted molar refractivity (Wildman–Crippen MR) is 87.5 cm³/mol. The Morgan fingerprint density at radius 1 is 1.55 bits per heavy atom. The van der Waals surface area contributed by atoms with Crippen LogP contribution >= 0.6 is 0 Å². The topological polar surface area (TPSA) is 74.9 Å². The van der Waals surface area contributed by atoms with Crippen molar-refractivity contribution in [1.82, 2.24) is 10.2 Å². The molecule has 2 heterocycles. The van der Waals surface area contributed by atoms with Gasteiger partial charge in [0.25, 0.3) is 0 Å². The van der Waals surface area contributed by atoms with E-state index >= 15 is 0 Å². The SMILES string of the molecule is CC(C)NC(=NCC1CCS(=O)(=O)C1)N(C)Cc1ccco1. The van der Waals surface area contributed by atoms with Crippen LogP contribution < -0.4 is 5.32 Å². The van der Waals surface area contributed by atoms with Gasteiger partial charge in [0.05, 0.1) is 24.3 Å². The number of furan rings is 1. The largest absolute Gasteiger partial charge is 0.467 e. The van der Waals surface area contributed by atoms with Crippen molar-refractivity contribution in [1.29, 1.82) is 0 Å². The molecule has 0 radical (unpaired) electrons. The summed E-state index contributed by atoms with van der Waals surface area (Å²) in [5.41, 5.74) is 0. The van der Waals surface area contributed by atoms with Gasteiger partial charge in [-0.2, -0.15) is 0 Å². The van der Waals surface area contributed by atoms with Gasteiger partial charge in [0, 0.05) is 19.6 Å². The van der Waals surface area contributed by atoms with Gasteiger partial charge in [-0.05, 0) is 38.3 Å². The minimum atomic E-state index is -2.85. The quantitative estimate of drug-likeness (QED) is 0.655. The molecule has 22 heavy (non-hydrogen) atoms. The van der Waals surface area contributed by atoms with Gasteiger partial charge in [0.1, 0.15) is 5.76 Å². The van der Waals surface area contributed by atoms with Crippen LogP contribution in [0.25, 0.3) is 0 Å². The Hall–Kier alpha value is -1.50. The minimum Gasteiger partial charge on any atom is -0.467 e. The van der Waals surface area contributed by atoms with Crippen LogP contribution in [0.4, 0.5) is 0 Å². The number of sulfone groups is 1. The molecule has 1 fully saturated rings. The second kappa shape index (κ2) is 7.17. The Balaban J connectivity index is 2.00. The molecule has 1 aromatic heterocycles. The van der Waals surface area contributed by atoms with Crippen LogP contribution in [-0.2, 0) is 16.4 Å². The van der Waals surface area contributed by atoms with E-state index in [0.717, 1.165) is 11.7 Å². The fourth-order valence-corrected chi connectivity index (χ4v) is 4.33. The first-order chi connectivity index (χ1) is 10.4. The number of rotatable bonds is 5. The maximum atomic E-state index is 11.5. The number of aliphatic imine (C=N–C) groups is 1. The van der Waals surface area contributed by atoms with Gasteiger partial charge in [0.2, 0.25) is 0 Å². The fraction of sp³-hybridized carbons (Fsp3) is 0.667. The summed E-state index contributed by atoms with van der Waals surface area (Å²) in [6.07, 6.45) is 2.36. The number of hydrogen-bond acceptors (Lipinski definition) is 4. The zero-order valence-electron chi connectivity index (χ0n) is 13.4. The molecule has 1 N–H and O–H groups in total. The Labute approximate surface area is 132 Å². The summed E-state index contributed by atoms with van der Waals surface area (Å²) in [5, 5.41) is 3.32. The van der Waals surface area contributed by atoms with E-state index in [4.69, 9.17) is 4.42 Å². The average Bonchev–Trinajstić information content (AvgIpc) is 3.03. The number of hydrogen-bond donors (Lipinski definition) is 1. The van der Waals surface area contributed by atoms with Gasteiger partial charge in [0.15, 0.2) is 15.8 Å². The van der Waals surface area contributed by atoms with Crippen molar-refractivity contribution in [3.8, 4) is 0 Å². The lowest BCUT2D eigenvalue weighted by Crippen LogP contribution is -2.42. The van der Waals surface area contributed by atoms with Crippen molar-refractivity contribution < 1.29 is 12.8 Å². The molecule has 1 atom stereocenters. The summed E-state index contributed by atoms with van der Waals surface area (Å²) in [7, 11) is -0.899. The lowest BCUT2D eigenvalue weighted by molar-refractivity contribution is 0.395. The first kappa shape index (κ1) is 16.9. The van der Waals surface area contributed by atoms with E-state index in [1.165, 1.54) is 0 Å². The molecule has 0 amide bonds. The lowest BCUT2D eigenvalue weighted by Gasteiger charge is -2.23. The smallest absolute Gasteiger partial charge is 0.194 e. The molecule has 0 spiro atoms. The molecule has 0 saturated carbocycles. The molecule has 124 valence electrons. The van der Waals surface area contributed by atoms with Crippen molar-refractivity contribution in [2.45, 2.75) is 32.9 Å². The summed E-state index contributed by atoms with van der Waals surface area (Å²) < 4.78 is 28.4. The van der Waals surface area contributed by atoms with E-state index in [1.807, 2.05) is 24.1 Å². The molecular formula is C15H25N3O3S. The van der Waals surface area contributed by atoms with Crippen LogP contribution in [-0.4, -0.2) is 50.4 Å². The Kier molecular flexibility index (Phi) is 5.50. The molecule has 0 aromatic carbocycles. The van der Waals surface area contributed by atoms with Gasteiger partial charge < -0.3 is 14.6 Å². The number of nitrogens with zero attached hydrogens (tertiary/aromatic N) is 2. The first-order valence-electron chi connectivity index (χ1n) is 7.60. The predicted octanol–water partition coefficient (Wildman–Crippen LogP) is 1.50. The Bertz CT molecular complexity index is 594. The van der Waals surface area contributed by atoms with Crippen LogP contribution in [0.15, 0.2) is 27.8 Å². The summed E-state index contributed by atoms with van der Waals surface area (Å²) in [5.74, 6) is 2.32. The van der Waals surface area contributed by atoms with Crippen LogP contribution in [0.5, 0.6) is 0 Å². The van der Waals surface area contributed by atoms with Gasteiger partial charge in [-0.1, -0.05) is 0 Å². The average molecular weight is 327 g/mol. The van der Waals surface area contributed by atoms with Crippen molar-refractivity contribution in [3.05, 3.63) is 24.2 Å². The first-order valence-corrected chi connectivity index (χ1v) is 9.43. The molecule has 2 rings (SSSR count). The van der Waals surface area contributed by atoms with Gasteiger partial charge in [-0.3, -0.25) is 4.99 Å². The van der Waals surface area contributed by atoms with Crippen molar-refractivity contribution in [2.75, 3.05) is 25.1 Å². The van der Waals surface area contributed by atoms with E-state index in [0.29, 0.717) is 25.3 Å². The third-order valence-electron chi connectivity index (χ3n) is 3.58. The van der Waals surface area contributed by atoms with Gasteiger partial charge in [-0.15, -0.1) is 0 Å². The van der Waals surface area contributed by atoms with Crippen LogP contribution in [0.2, 0.25) is 0 Å². The third kappa shape index (κ3) is 5.05. The zero-order chi connectivity index (χ0) is 16.2. The normalized spacial score (nSPS) is 21.3. The van der Waals surface area contributed by atoms with E-state index in [-0.39, 0.29) is 17.7 Å². The Morgan fingerprint density at radius 3 is 2.86 bits per heavy atom. The van der Waals surface area contributed by atoms with E-state index in [1.54, 1.807) is 6.26 Å². The van der Waals surface area contributed by atoms with Crippen molar-refractivity contribution >= 4 is 15.8 Å².